The first kappa shape index (κ1) is 19.5. The standard InChI is InChI=1S/C20H20N4O3S2/c1-11-5-4-6-15(12(11)2)22-19-23-24-20(29-19)28-13(3)18(25)21-14-7-8-16-17(9-14)27-10-26-16/h4-9,13H,10H2,1-3H3,(H,21,25)(H,22,23). The van der Waals surface area contributed by atoms with Crippen LogP contribution in [0.3, 0.4) is 0 Å². The third kappa shape index (κ3) is 4.46. The highest BCUT2D eigenvalue weighted by Crippen LogP contribution is 2.35. The summed E-state index contributed by atoms with van der Waals surface area (Å²) < 4.78 is 11.4. The average molecular weight is 429 g/mol. The first-order valence-corrected chi connectivity index (χ1v) is 10.7. The van der Waals surface area contributed by atoms with Gasteiger partial charge in [0, 0.05) is 17.4 Å². The molecule has 1 unspecified atom stereocenters. The Morgan fingerprint density at radius 1 is 1.17 bits per heavy atom. The molecule has 1 aliphatic rings. The summed E-state index contributed by atoms with van der Waals surface area (Å²) in [5.41, 5.74) is 4.06. The van der Waals surface area contributed by atoms with Gasteiger partial charge in [-0.05, 0) is 50.1 Å². The number of amides is 1. The molecule has 0 saturated heterocycles. The van der Waals surface area contributed by atoms with Crippen molar-refractivity contribution in [1.29, 1.82) is 0 Å². The van der Waals surface area contributed by atoms with Crippen LogP contribution in [0.4, 0.5) is 16.5 Å². The van der Waals surface area contributed by atoms with Crippen LogP contribution in [0.25, 0.3) is 0 Å². The fourth-order valence-corrected chi connectivity index (χ4v) is 4.64. The number of hydrogen-bond acceptors (Lipinski definition) is 8. The number of anilines is 3. The number of nitrogens with zero attached hydrogens (tertiary/aromatic N) is 2. The van der Waals surface area contributed by atoms with E-state index in [1.54, 1.807) is 18.2 Å². The van der Waals surface area contributed by atoms with Gasteiger partial charge >= 0.3 is 0 Å². The largest absolute Gasteiger partial charge is 0.454 e. The predicted molar refractivity (Wildman–Crippen MR) is 116 cm³/mol. The van der Waals surface area contributed by atoms with E-state index in [9.17, 15) is 4.79 Å². The van der Waals surface area contributed by atoms with Gasteiger partial charge in [-0.2, -0.15) is 0 Å². The molecule has 1 aliphatic heterocycles. The molecule has 0 fully saturated rings. The van der Waals surface area contributed by atoms with Crippen LogP contribution in [0.2, 0.25) is 0 Å². The van der Waals surface area contributed by atoms with Crippen molar-refractivity contribution in [1.82, 2.24) is 10.2 Å². The van der Waals surface area contributed by atoms with Crippen LogP contribution in [0.15, 0.2) is 40.7 Å². The van der Waals surface area contributed by atoms with Crippen LogP contribution in [0.1, 0.15) is 18.1 Å². The quantitative estimate of drug-likeness (QED) is 0.548. The lowest BCUT2D eigenvalue weighted by molar-refractivity contribution is -0.115. The first-order chi connectivity index (χ1) is 14.0. The third-order valence-corrected chi connectivity index (χ3v) is 6.56. The number of carbonyl (C=O) groups is 1. The van der Waals surface area contributed by atoms with Crippen LogP contribution in [-0.2, 0) is 4.79 Å². The maximum atomic E-state index is 12.5. The van der Waals surface area contributed by atoms with Gasteiger partial charge in [-0.1, -0.05) is 35.2 Å². The van der Waals surface area contributed by atoms with Gasteiger partial charge in [0.2, 0.25) is 17.8 Å². The monoisotopic (exact) mass is 428 g/mol. The smallest absolute Gasteiger partial charge is 0.237 e. The summed E-state index contributed by atoms with van der Waals surface area (Å²) in [4.78, 5) is 12.5. The first-order valence-electron chi connectivity index (χ1n) is 9.03. The summed E-state index contributed by atoms with van der Waals surface area (Å²) in [5.74, 6) is 1.20. The van der Waals surface area contributed by atoms with Crippen LogP contribution < -0.4 is 20.1 Å². The third-order valence-electron chi connectivity index (χ3n) is 4.54. The molecule has 2 aromatic carbocycles. The molecular weight excluding hydrogens is 408 g/mol. The normalized spacial score (nSPS) is 13.2. The Kier molecular flexibility index (Phi) is 5.59. The van der Waals surface area contributed by atoms with Crippen LogP contribution >= 0.6 is 23.1 Å². The van der Waals surface area contributed by atoms with E-state index < -0.39 is 0 Å². The van der Waals surface area contributed by atoms with E-state index in [0.717, 1.165) is 10.0 Å². The van der Waals surface area contributed by atoms with E-state index in [0.29, 0.717) is 22.3 Å². The Morgan fingerprint density at radius 2 is 2.00 bits per heavy atom. The molecule has 0 aliphatic carbocycles. The highest BCUT2D eigenvalue weighted by atomic mass is 32.2. The van der Waals surface area contributed by atoms with E-state index in [-0.39, 0.29) is 18.0 Å². The SMILES string of the molecule is Cc1cccc(Nc2nnc(SC(C)C(=O)Nc3ccc4c(c3)OCO4)s2)c1C. The van der Waals surface area contributed by atoms with Gasteiger partial charge in [0.1, 0.15) is 0 Å². The molecular formula is C20H20N4O3S2. The fraction of sp³-hybridized carbons (Fsp3) is 0.250. The molecule has 9 heteroatoms. The van der Waals surface area contributed by atoms with Crippen molar-refractivity contribution in [2.75, 3.05) is 17.4 Å². The topological polar surface area (TPSA) is 85.4 Å². The molecule has 0 bridgehead atoms. The molecule has 2 heterocycles. The lowest BCUT2D eigenvalue weighted by Gasteiger charge is -2.10. The molecule has 0 radical (unpaired) electrons. The molecule has 2 N–H and O–H groups in total. The molecule has 29 heavy (non-hydrogen) atoms. The zero-order chi connectivity index (χ0) is 20.4. The van der Waals surface area contributed by atoms with Crippen molar-refractivity contribution in [2.24, 2.45) is 0 Å². The number of thioether (sulfide) groups is 1. The van der Waals surface area contributed by atoms with Gasteiger partial charge in [0.25, 0.3) is 0 Å². The van der Waals surface area contributed by atoms with E-state index in [1.165, 1.54) is 34.2 Å². The van der Waals surface area contributed by atoms with E-state index in [1.807, 2.05) is 19.1 Å². The number of aromatic nitrogens is 2. The Hall–Kier alpha value is -2.78. The van der Waals surface area contributed by atoms with E-state index in [4.69, 9.17) is 9.47 Å². The summed E-state index contributed by atoms with van der Waals surface area (Å²) in [6.07, 6.45) is 0. The van der Waals surface area contributed by atoms with Gasteiger partial charge in [0.15, 0.2) is 15.8 Å². The number of carbonyl (C=O) groups excluding carboxylic acids is 1. The van der Waals surface area contributed by atoms with Gasteiger partial charge in [-0.15, -0.1) is 10.2 Å². The lowest BCUT2D eigenvalue weighted by atomic mass is 10.1. The van der Waals surface area contributed by atoms with E-state index >= 15 is 0 Å². The minimum absolute atomic E-state index is 0.117. The molecule has 0 saturated carbocycles. The Labute approximate surface area is 176 Å². The van der Waals surface area contributed by atoms with Gasteiger partial charge < -0.3 is 20.1 Å². The average Bonchev–Trinajstić information content (AvgIpc) is 3.34. The van der Waals surface area contributed by atoms with Crippen LogP contribution in [-0.4, -0.2) is 28.1 Å². The van der Waals surface area contributed by atoms with Crippen molar-refractivity contribution in [2.45, 2.75) is 30.4 Å². The van der Waals surface area contributed by atoms with Crippen molar-refractivity contribution < 1.29 is 14.3 Å². The zero-order valence-corrected chi connectivity index (χ0v) is 17.8. The van der Waals surface area contributed by atoms with Crippen molar-refractivity contribution in [3.8, 4) is 11.5 Å². The summed E-state index contributed by atoms with van der Waals surface area (Å²) in [7, 11) is 0. The van der Waals surface area contributed by atoms with Gasteiger partial charge in [0.05, 0.1) is 5.25 Å². The van der Waals surface area contributed by atoms with Gasteiger partial charge in [-0.25, -0.2) is 0 Å². The molecule has 1 amide bonds. The molecule has 1 aromatic heterocycles. The Morgan fingerprint density at radius 3 is 2.86 bits per heavy atom. The molecule has 150 valence electrons. The predicted octanol–water partition coefficient (Wildman–Crippen LogP) is 4.75. The zero-order valence-electron chi connectivity index (χ0n) is 16.2. The van der Waals surface area contributed by atoms with Gasteiger partial charge in [-0.3, -0.25) is 4.79 Å². The van der Waals surface area contributed by atoms with Crippen molar-refractivity contribution in [3.05, 3.63) is 47.5 Å². The number of ether oxygens (including phenoxy) is 2. The summed E-state index contributed by atoms with van der Waals surface area (Å²) in [5, 5.41) is 15.0. The summed E-state index contributed by atoms with van der Waals surface area (Å²) >= 11 is 2.80. The molecule has 3 aromatic rings. The van der Waals surface area contributed by atoms with Crippen molar-refractivity contribution in [3.63, 3.8) is 0 Å². The Bertz CT molecular complexity index is 1050. The number of fused-ring (bicyclic) bond motifs is 1. The molecule has 0 spiro atoms. The number of benzene rings is 2. The molecule has 7 nitrogen and oxygen atoms in total. The number of rotatable bonds is 6. The lowest BCUT2D eigenvalue weighted by Crippen LogP contribution is -2.22. The number of nitrogens with one attached hydrogen (secondary N) is 2. The summed E-state index contributed by atoms with van der Waals surface area (Å²) in [6.45, 7) is 6.18. The number of hydrogen-bond donors (Lipinski definition) is 2. The highest BCUT2D eigenvalue weighted by molar-refractivity contribution is 8.02. The minimum atomic E-state index is -0.332. The van der Waals surface area contributed by atoms with E-state index in [2.05, 4.69) is 40.7 Å². The minimum Gasteiger partial charge on any atom is -0.454 e. The van der Waals surface area contributed by atoms with Crippen LogP contribution in [0.5, 0.6) is 11.5 Å². The fourth-order valence-electron chi connectivity index (χ4n) is 2.73. The highest BCUT2D eigenvalue weighted by Gasteiger charge is 2.19. The second-order valence-corrected chi connectivity index (χ2v) is 9.13. The number of aryl methyl sites for hydroxylation is 1. The second kappa shape index (κ2) is 8.30. The second-order valence-electron chi connectivity index (χ2n) is 6.56. The molecule has 1 atom stereocenters. The van der Waals surface area contributed by atoms with Crippen molar-refractivity contribution >= 4 is 45.5 Å². The maximum absolute atomic E-state index is 12.5. The summed E-state index contributed by atoms with van der Waals surface area (Å²) in [6, 6.07) is 11.4. The molecule has 4 rings (SSSR count). The Balaban J connectivity index is 1.36. The van der Waals surface area contributed by atoms with Crippen LogP contribution in [0, 0.1) is 13.8 Å². The maximum Gasteiger partial charge on any atom is 0.237 e.